The van der Waals surface area contributed by atoms with Crippen molar-refractivity contribution in [3.8, 4) is 0 Å². The summed E-state index contributed by atoms with van der Waals surface area (Å²) in [6.45, 7) is 5.95. The van der Waals surface area contributed by atoms with Crippen molar-refractivity contribution in [1.82, 2.24) is 10.2 Å². The number of hydrogen-bond donors (Lipinski definition) is 1. The van der Waals surface area contributed by atoms with Crippen LogP contribution in [0.5, 0.6) is 0 Å². The number of likely N-dealkylation sites (tertiary alicyclic amines) is 1. The summed E-state index contributed by atoms with van der Waals surface area (Å²) in [5.41, 5.74) is 1.22. The monoisotopic (exact) mass is 437 g/mol. The molecule has 0 aliphatic carbocycles. The molecule has 0 bridgehead atoms. The van der Waals surface area contributed by atoms with Gasteiger partial charge in [0, 0.05) is 42.9 Å². The van der Waals surface area contributed by atoms with E-state index in [1.165, 1.54) is 5.69 Å². The lowest BCUT2D eigenvalue weighted by Gasteiger charge is -2.31. The molecule has 0 aromatic heterocycles. The largest absolute Gasteiger partial charge is 0.450 e. The van der Waals surface area contributed by atoms with Crippen LogP contribution >= 0.6 is 15.9 Å². The van der Waals surface area contributed by atoms with E-state index in [2.05, 4.69) is 38.3 Å². The minimum Gasteiger partial charge on any atom is -0.450 e. The fourth-order valence-electron chi connectivity index (χ4n) is 3.87. The number of rotatable bonds is 5. The van der Waals surface area contributed by atoms with Crippen LogP contribution in [-0.4, -0.2) is 56.2 Å². The summed E-state index contributed by atoms with van der Waals surface area (Å²) in [6.07, 6.45) is 2.44. The van der Waals surface area contributed by atoms with Gasteiger partial charge in [0.2, 0.25) is 5.91 Å². The van der Waals surface area contributed by atoms with E-state index in [4.69, 9.17) is 4.74 Å². The number of nitrogens with zero attached hydrogens (tertiary/aromatic N) is 2. The molecule has 2 aliphatic heterocycles. The SMILES string of the molecule is CCOC(=O)N1CCC[C@H](C(=O)NC[C@@H]2CCN(c3cccc(Br)c3)C2)C1. The second-order valence-corrected chi connectivity index (χ2v) is 8.23. The molecule has 0 radical (unpaired) electrons. The Morgan fingerprint density at radius 3 is 2.89 bits per heavy atom. The number of carbonyl (C=O) groups excluding carboxylic acids is 2. The van der Waals surface area contributed by atoms with E-state index >= 15 is 0 Å². The van der Waals surface area contributed by atoms with Crippen molar-refractivity contribution in [2.75, 3.05) is 44.2 Å². The van der Waals surface area contributed by atoms with Crippen LogP contribution in [0.3, 0.4) is 0 Å². The second kappa shape index (κ2) is 9.44. The number of benzene rings is 1. The fraction of sp³-hybridized carbons (Fsp3) is 0.600. The molecule has 6 nitrogen and oxygen atoms in total. The molecule has 2 heterocycles. The van der Waals surface area contributed by atoms with Crippen LogP contribution in [0.15, 0.2) is 28.7 Å². The predicted octanol–water partition coefficient (Wildman–Crippen LogP) is 3.26. The lowest BCUT2D eigenvalue weighted by Crippen LogP contribution is -2.46. The van der Waals surface area contributed by atoms with Gasteiger partial charge in [-0.15, -0.1) is 0 Å². The van der Waals surface area contributed by atoms with Gasteiger partial charge >= 0.3 is 6.09 Å². The Balaban J connectivity index is 1.45. The maximum Gasteiger partial charge on any atom is 0.409 e. The van der Waals surface area contributed by atoms with Crippen LogP contribution in [-0.2, 0) is 9.53 Å². The molecule has 0 unspecified atom stereocenters. The van der Waals surface area contributed by atoms with E-state index in [9.17, 15) is 9.59 Å². The van der Waals surface area contributed by atoms with Gasteiger partial charge in [-0.2, -0.15) is 0 Å². The first kappa shape index (κ1) is 20.0. The molecule has 7 heteroatoms. The van der Waals surface area contributed by atoms with Crippen LogP contribution in [0.25, 0.3) is 0 Å². The van der Waals surface area contributed by atoms with Crippen LogP contribution in [0.2, 0.25) is 0 Å². The van der Waals surface area contributed by atoms with E-state index < -0.39 is 0 Å². The molecule has 2 amide bonds. The molecule has 1 aromatic rings. The lowest BCUT2D eigenvalue weighted by molar-refractivity contribution is -0.126. The number of amides is 2. The van der Waals surface area contributed by atoms with Gasteiger partial charge in [-0.3, -0.25) is 4.79 Å². The van der Waals surface area contributed by atoms with Crippen molar-refractivity contribution in [1.29, 1.82) is 0 Å². The van der Waals surface area contributed by atoms with Crippen LogP contribution < -0.4 is 10.2 Å². The molecule has 2 fully saturated rings. The number of hydrogen-bond acceptors (Lipinski definition) is 4. The molecule has 3 rings (SSSR count). The van der Waals surface area contributed by atoms with Gasteiger partial charge in [0.25, 0.3) is 0 Å². The Morgan fingerprint density at radius 1 is 1.26 bits per heavy atom. The summed E-state index contributed by atoms with van der Waals surface area (Å²) in [4.78, 5) is 28.5. The highest BCUT2D eigenvalue weighted by molar-refractivity contribution is 9.10. The first-order valence-corrected chi connectivity index (χ1v) is 10.6. The number of carbonyl (C=O) groups is 2. The maximum absolute atomic E-state index is 12.6. The standard InChI is InChI=1S/C20H28BrN3O3/c1-2-27-20(26)24-9-4-5-16(14-24)19(25)22-12-15-8-10-23(13-15)18-7-3-6-17(21)11-18/h3,6-7,11,15-16H,2,4-5,8-10,12-14H2,1H3,(H,22,25)/t15-,16-/m0/s1. The predicted molar refractivity (Wildman–Crippen MR) is 109 cm³/mol. The normalized spacial score (nSPS) is 22.6. The third-order valence-corrected chi connectivity index (χ3v) is 5.84. The Morgan fingerprint density at radius 2 is 2.11 bits per heavy atom. The molecular weight excluding hydrogens is 410 g/mol. The van der Waals surface area contributed by atoms with Gasteiger partial charge in [0.05, 0.1) is 12.5 Å². The van der Waals surface area contributed by atoms with E-state index in [1.807, 2.05) is 12.1 Å². The van der Waals surface area contributed by atoms with Gasteiger partial charge in [0.15, 0.2) is 0 Å². The molecule has 2 saturated heterocycles. The first-order valence-electron chi connectivity index (χ1n) is 9.76. The lowest BCUT2D eigenvalue weighted by atomic mass is 9.97. The minimum absolute atomic E-state index is 0.0601. The molecule has 148 valence electrons. The van der Waals surface area contributed by atoms with E-state index in [1.54, 1.807) is 11.8 Å². The van der Waals surface area contributed by atoms with E-state index in [0.29, 0.717) is 32.2 Å². The topological polar surface area (TPSA) is 61.9 Å². The third kappa shape index (κ3) is 5.37. The molecule has 1 N–H and O–H groups in total. The zero-order valence-electron chi connectivity index (χ0n) is 15.8. The van der Waals surface area contributed by atoms with Gasteiger partial charge in [-0.05, 0) is 50.3 Å². The Hall–Kier alpha value is -1.76. The van der Waals surface area contributed by atoms with Crippen LogP contribution in [0.1, 0.15) is 26.2 Å². The molecule has 27 heavy (non-hydrogen) atoms. The molecule has 1 aromatic carbocycles. The van der Waals surface area contributed by atoms with Gasteiger partial charge in [-0.1, -0.05) is 22.0 Å². The van der Waals surface area contributed by atoms with Crippen molar-refractivity contribution >= 4 is 33.6 Å². The highest BCUT2D eigenvalue weighted by Crippen LogP contribution is 2.26. The zero-order chi connectivity index (χ0) is 19.2. The Labute approximate surface area is 169 Å². The molecule has 2 aliphatic rings. The van der Waals surface area contributed by atoms with Crippen molar-refractivity contribution in [2.45, 2.75) is 26.2 Å². The third-order valence-electron chi connectivity index (χ3n) is 5.34. The summed E-state index contributed by atoms with van der Waals surface area (Å²) in [7, 11) is 0. The molecule has 0 saturated carbocycles. The summed E-state index contributed by atoms with van der Waals surface area (Å²) < 4.78 is 6.14. The smallest absolute Gasteiger partial charge is 0.409 e. The highest BCUT2D eigenvalue weighted by Gasteiger charge is 2.30. The molecule has 0 spiro atoms. The number of nitrogens with one attached hydrogen (secondary N) is 1. The average Bonchev–Trinajstić information content (AvgIpc) is 3.15. The quantitative estimate of drug-likeness (QED) is 0.767. The minimum atomic E-state index is -0.310. The van der Waals surface area contributed by atoms with Crippen molar-refractivity contribution in [2.24, 2.45) is 11.8 Å². The van der Waals surface area contributed by atoms with Crippen molar-refractivity contribution in [3.63, 3.8) is 0 Å². The summed E-state index contributed by atoms with van der Waals surface area (Å²) in [5.74, 6) is 0.383. The Bertz CT molecular complexity index is 670. The zero-order valence-corrected chi connectivity index (χ0v) is 17.4. The number of anilines is 1. The van der Waals surface area contributed by atoms with Crippen molar-refractivity contribution < 1.29 is 14.3 Å². The molecular formula is C20H28BrN3O3. The fourth-order valence-corrected chi connectivity index (χ4v) is 4.25. The van der Waals surface area contributed by atoms with Gasteiger partial charge in [0.1, 0.15) is 0 Å². The van der Waals surface area contributed by atoms with Gasteiger partial charge in [-0.25, -0.2) is 4.79 Å². The van der Waals surface area contributed by atoms with Crippen molar-refractivity contribution in [3.05, 3.63) is 28.7 Å². The van der Waals surface area contributed by atoms with Crippen LogP contribution in [0.4, 0.5) is 10.5 Å². The van der Waals surface area contributed by atoms with Crippen LogP contribution in [0, 0.1) is 11.8 Å². The summed E-state index contributed by atoms with van der Waals surface area (Å²) in [6, 6.07) is 8.33. The summed E-state index contributed by atoms with van der Waals surface area (Å²) >= 11 is 3.52. The van der Waals surface area contributed by atoms with E-state index in [-0.39, 0.29) is 17.9 Å². The molecule has 2 atom stereocenters. The second-order valence-electron chi connectivity index (χ2n) is 7.31. The number of halogens is 1. The van der Waals surface area contributed by atoms with Gasteiger partial charge < -0.3 is 19.9 Å². The highest BCUT2D eigenvalue weighted by atomic mass is 79.9. The maximum atomic E-state index is 12.6. The first-order chi connectivity index (χ1) is 13.1. The Kier molecular flexibility index (Phi) is 6.99. The number of piperidine rings is 1. The summed E-state index contributed by atoms with van der Waals surface area (Å²) in [5, 5.41) is 3.12. The average molecular weight is 438 g/mol. The van der Waals surface area contributed by atoms with E-state index in [0.717, 1.165) is 36.8 Å². The number of ether oxygens (including phenoxy) is 1.